The normalized spacial score (nSPS) is 16.1. The number of aromatic nitrogens is 2. The van der Waals surface area contributed by atoms with Crippen molar-refractivity contribution in [2.75, 3.05) is 11.9 Å². The number of rotatable bonds is 4. The van der Waals surface area contributed by atoms with E-state index in [1.54, 1.807) is 6.92 Å². The Bertz CT molecular complexity index is 1030. The van der Waals surface area contributed by atoms with Crippen molar-refractivity contribution in [1.29, 1.82) is 0 Å². The van der Waals surface area contributed by atoms with Crippen LogP contribution in [0.5, 0.6) is 0 Å². The van der Waals surface area contributed by atoms with Gasteiger partial charge in [-0.2, -0.15) is 5.10 Å². The second-order valence-electron chi connectivity index (χ2n) is 6.68. The van der Waals surface area contributed by atoms with Crippen LogP contribution < -0.4 is 5.32 Å². The zero-order chi connectivity index (χ0) is 19.0. The molecule has 1 amide bonds. The van der Waals surface area contributed by atoms with Crippen LogP contribution in [-0.4, -0.2) is 28.3 Å². The lowest BCUT2D eigenvalue weighted by Gasteiger charge is -2.25. The van der Waals surface area contributed by atoms with Gasteiger partial charge in [-0.05, 0) is 30.2 Å². The van der Waals surface area contributed by atoms with E-state index in [0.29, 0.717) is 18.8 Å². The number of ether oxygens (including phenoxy) is 1. The van der Waals surface area contributed by atoms with Crippen molar-refractivity contribution < 1.29 is 14.3 Å². The van der Waals surface area contributed by atoms with E-state index in [2.05, 4.69) is 34.7 Å². The molecule has 0 bridgehead atoms. The van der Waals surface area contributed by atoms with Crippen molar-refractivity contribution in [3.63, 3.8) is 0 Å². The Morgan fingerprint density at radius 3 is 2.85 bits per heavy atom. The molecule has 0 saturated carbocycles. The molecule has 1 aromatic heterocycles. The van der Waals surface area contributed by atoms with Crippen LogP contribution in [0.3, 0.4) is 0 Å². The number of esters is 1. The molecule has 27 heavy (non-hydrogen) atoms. The quantitative estimate of drug-likeness (QED) is 0.721. The average molecular weight is 363 g/mol. The monoisotopic (exact) mass is 363 g/mol. The molecule has 138 valence electrons. The molecular weight excluding hydrogens is 342 g/mol. The number of nitrogens with zero attached hydrogens (tertiary/aromatic N) is 2. The highest BCUT2D eigenvalue weighted by atomic mass is 16.5. The van der Waals surface area contributed by atoms with Gasteiger partial charge in [0.25, 0.3) is 0 Å². The van der Waals surface area contributed by atoms with Crippen molar-refractivity contribution in [3.05, 3.63) is 59.3 Å². The zero-order valence-electron chi connectivity index (χ0n) is 15.4. The maximum Gasteiger partial charge on any atom is 0.327 e. The number of anilines is 1. The highest BCUT2D eigenvalue weighted by Gasteiger charge is 2.33. The largest absolute Gasteiger partial charge is 0.465 e. The van der Waals surface area contributed by atoms with Gasteiger partial charge in [-0.15, -0.1) is 0 Å². The van der Waals surface area contributed by atoms with Gasteiger partial charge >= 0.3 is 5.97 Å². The molecule has 1 aliphatic rings. The summed E-state index contributed by atoms with van der Waals surface area (Å²) in [5, 5.41) is 9.67. The van der Waals surface area contributed by atoms with Crippen LogP contribution in [0.1, 0.15) is 36.1 Å². The van der Waals surface area contributed by atoms with Crippen molar-refractivity contribution >= 4 is 28.5 Å². The van der Waals surface area contributed by atoms with Crippen molar-refractivity contribution in [2.45, 2.75) is 32.7 Å². The van der Waals surface area contributed by atoms with E-state index >= 15 is 0 Å². The predicted molar refractivity (Wildman–Crippen MR) is 103 cm³/mol. The predicted octanol–water partition coefficient (Wildman–Crippen LogP) is 3.38. The maximum atomic E-state index is 12.5. The van der Waals surface area contributed by atoms with Crippen LogP contribution in [-0.2, 0) is 20.9 Å². The molecule has 1 aliphatic heterocycles. The number of hydrogen-bond acceptors (Lipinski definition) is 4. The molecule has 6 nitrogen and oxygen atoms in total. The molecule has 2 aromatic carbocycles. The smallest absolute Gasteiger partial charge is 0.327 e. The van der Waals surface area contributed by atoms with E-state index in [1.807, 2.05) is 25.1 Å². The number of carbonyl (C=O) groups excluding carboxylic acids is 2. The summed E-state index contributed by atoms with van der Waals surface area (Å²) in [6, 6.07) is 14.3. The molecular formula is C21H21N3O3. The standard InChI is InChI=1S/C21H21N3O3/c1-3-27-19(26)12-24-21-20(13(2)23-24)17(11-18(25)22-21)16-10-6-8-14-7-4-5-9-15(14)16/h4-10,17H,3,11-12H2,1-2H3,(H,22,25)/t17-/m0/s1. The van der Waals surface area contributed by atoms with Gasteiger partial charge < -0.3 is 10.1 Å². The molecule has 6 heteroatoms. The van der Waals surface area contributed by atoms with Crippen molar-refractivity contribution in [3.8, 4) is 0 Å². The van der Waals surface area contributed by atoms with Crippen LogP contribution in [0.15, 0.2) is 42.5 Å². The molecule has 0 aliphatic carbocycles. The molecule has 1 N–H and O–H groups in total. The number of benzene rings is 2. The van der Waals surface area contributed by atoms with Crippen LogP contribution in [0.4, 0.5) is 5.82 Å². The van der Waals surface area contributed by atoms with E-state index in [0.717, 1.165) is 27.6 Å². The minimum absolute atomic E-state index is 0.0213. The van der Waals surface area contributed by atoms with E-state index in [-0.39, 0.29) is 24.3 Å². The van der Waals surface area contributed by atoms with Crippen LogP contribution in [0.2, 0.25) is 0 Å². The summed E-state index contributed by atoms with van der Waals surface area (Å²) in [6.45, 7) is 3.97. The highest BCUT2D eigenvalue weighted by Crippen LogP contribution is 2.41. The summed E-state index contributed by atoms with van der Waals surface area (Å²) in [5.41, 5.74) is 2.88. The first kappa shape index (κ1) is 17.3. The van der Waals surface area contributed by atoms with Gasteiger partial charge in [0.05, 0.1) is 12.3 Å². The van der Waals surface area contributed by atoms with Crippen LogP contribution in [0, 0.1) is 6.92 Å². The third-order valence-electron chi connectivity index (χ3n) is 4.95. The molecule has 2 heterocycles. The Kier molecular flexibility index (Phi) is 4.39. The fraction of sp³-hybridized carbons (Fsp3) is 0.286. The van der Waals surface area contributed by atoms with E-state index < -0.39 is 0 Å². The Balaban J connectivity index is 1.83. The summed E-state index contributed by atoms with van der Waals surface area (Å²) in [6.07, 6.45) is 0.354. The van der Waals surface area contributed by atoms with Gasteiger partial charge in [0.15, 0.2) is 0 Å². The molecule has 0 saturated heterocycles. The van der Waals surface area contributed by atoms with Crippen molar-refractivity contribution in [1.82, 2.24) is 9.78 Å². The number of aryl methyl sites for hydroxylation is 1. The summed E-state index contributed by atoms with van der Waals surface area (Å²) in [4.78, 5) is 24.4. The molecule has 0 spiro atoms. The number of hydrogen-bond donors (Lipinski definition) is 1. The van der Waals surface area contributed by atoms with Gasteiger partial charge in [0.1, 0.15) is 12.4 Å². The lowest BCUT2D eigenvalue weighted by Crippen LogP contribution is -2.26. The Morgan fingerprint density at radius 2 is 2.04 bits per heavy atom. The molecule has 3 aromatic rings. The first-order valence-corrected chi connectivity index (χ1v) is 9.09. The third kappa shape index (κ3) is 3.07. The molecule has 1 atom stereocenters. The Morgan fingerprint density at radius 1 is 1.26 bits per heavy atom. The molecule has 0 fully saturated rings. The van der Waals surface area contributed by atoms with Crippen LogP contribution in [0.25, 0.3) is 10.8 Å². The van der Waals surface area contributed by atoms with E-state index in [1.165, 1.54) is 4.68 Å². The van der Waals surface area contributed by atoms with Gasteiger partial charge in [0, 0.05) is 17.9 Å². The van der Waals surface area contributed by atoms with Gasteiger partial charge in [-0.3, -0.25) is 9.59 Å². The second kappa shape index (κ2) is 6.87. The van der Waals surface area contributed by atoms with Gasteiger partial charge in [0.2, 0.25) is 5.91 Å². The topological polar surface area (TPSA) is 73.2 Å². The Hall–Kier alpha value is -3.15. The van der Waals surface area contributed by atoms with Gasteiger partial charge in [-0.25, -0.2) is 4.68 Å². The number of carbonyl (C=O) groups is 2. The molecule has 0 radical (unpaired) electrons. The van der Waals surface area contributed by atoms with Gasteiger partial charge in [-0.1, -0.05) is 42.5 Å². The van der Waals surface area contributed by atoms with E-state index in [4.69, 9.17) is 4.74 Å². The first-order valence-electron chi connectivity index (χ1n) is 9.09. The highest BCUT2D eigenvalue weighted by molar-refractivity contribution is 5.96. The number of fused-ring (bicyclic) bond motifs is 2. The number of amides is 1. The first-order chi connectivity index (χ1) is 13.1. The molecule has 4 rings (SSSR count). The summed E-state index contributed by atoms with van der Waals surface area (Å²) >= 11 is 0. The minimum Gasteiger partial charge on any atom is -0.465 e. The lowest BCUT2D eigenvalue weighted by atomic mass is 9.83. The fourth-order valence-electron chi connectivity index (χ4n) is 3.88. The summed E-state index contributed by atoms with van der Waals surface area (Å²) in [5.74, 6) is 0.0420. The second-order valence-corrected chi connectivity index (χ2v) is 6.68. The summed E-state index contributed by atoms with van der Waals surface area (Å²) in [7, 11) is 0. The van der Waals surface area contributed by atoms with Crippen LogP contribution >= 0.6 is 0 Å². The van der Waals surface area contributed by atoms with Crippen molar-refractivity contribution in [2.24, 2.45) is 0 Å². The summed E-state index contributed by atoms with van der Waals surface area (Å²) < 4.78 is 6.57. The average Bonchev–Trinajstić information content (AvgIpc) is 2.96. The minimum atomic E-state index is -0.371. The Labute approximate surface area is 157 Å². The third-order valence-corrected chi connectivity index (χ3v) is 4.95. The molecule has 0 unspecified atom stereocenters. The zero-order valence-corrected chi connectivity index (χ0v) is 15.4. The SMILES string of the molecule is CCOC(=O)Cn1nc(C)c2c1NC(=O)C[C@H]2c1cccc2ccccc12. The van der Waals surface area contributed by atoms with E-state index in [9.17, 15) is 9.59 Å². The maximum absolute atomic E-state index is 12.5. The number of nitrogens with one attached hydrogen (secondary N) is 1. The lowest BCUT2D eigenvalue weighted by molar-refractivity contribution is -0.144. The fourth-order valence-corrected chi connectivity index (χ4v) is 3.88.